The molecule has 0 spiro atoms. The van der Waals surface area contributed by atoms with Gasteiger partial charge in [-0.25, -0.2) is 4.98 Å². The highest BCUT2D eigenvalue weighted by molar-refractivity contribution is 5.94. The number of rotatable bonds is 5. The zero-order chi connectivity index (χ0) is 19.4. The van der Waals surface area contributed by atoms with Crippen LogP contribution >= 0.6 is 0 Å². The predicted molar refractivity (Wildman–Crippen MR) is 102 cm³/mol. The number of aromatic amines is 1. The molecule has 1 unspecified atom stereocenters. The van der Waals surface area contributed by atoms with Crippen LogP contribution in [0.1, 0.15) is 18.3 Å². The van der Waals surface area contributed by atoms with Crippen LogP contribution in [0.4, 0.5) is 5.69 Å². The highest BCUT2D eigenvalue weighted by atomic mass is 16.2. The quantitative estimate of drug-likeness (QED) is 0.626. The fourth-order valence-corrected chi connectivity index (χ4v) is 2.79. The fraction of sp³-hybridized carbons (Fsp3) is 0.200. The third-order valence-electron chi connectivity index (χ3n) is 4.55. The zero-order valence-corrected chi connectivity index (χ0v) is 15.1. The molecule has 0 saturated carbocycles. The number of H-pyrrole nitrogens is 1. The molecule has 0 saturated heterocycles. The van der Waals surface area contributed by atoms with E-state index in [2.05, 4.69) is 21.4 Å². The van der Waals surface area contributed by atoms with Gasteiger partial charge in [0.05, 0.1) is 29.2 Å². The number of para-hydroxylation sites is 2. The highest BCUT2D eigenvalue weighted by Crippen LogP contribution is 2.13. The van der Waals surface area contributed by atoms with E-state index < -0.39 is 6.04 Å². The van der Waals surface area contributed by atoms with Gasteiger partial charge in [0.2, 0.25) is 0 Å². The van der Waals surface area contributed by atoms with E-state index in [0.717, 1.165) is 4.90 Å². The topological polar surface area (TPSA) is 103 Å². The molecule has 1 heterocycles. The van der Waals surface area contributed by atoms with E-state index in [0.29, 0.717) is 34.5 Å². The SMILES string of the molecule is C[C@@H](C(=O)Nc1ccccc1C#N)[NH+](C)Cc1nc2ccccc2c(=O)[nH]1. The van der Waals surface area contributed by atoms with Crippen molar-refractivity contribution in [3.8, 4) is 6.07 Å². The average molecular weight is 362 g/mol. The third kappa shape index (κ3) is 4.02. The standard InChI is InChI=1S/C20H19N5O2/c1-13(19(26)23-16-9-5-3-7-14(16)11-21)25(2)12-18-22-17-10-6-4-8-15(17)20(27)24-18/h3-10,13H,12H2,1-2H3,(H,23,26)(H,22,24,27)/p+1/t13-/m0/s1. The van der Waals surface area contributed by atoms with Crippen LogP contribution in [0.15, 0.2) is 53.3 Å². The number of hydrogen-bond acceptors (Lipinski definition) is 4. The lowest BCUT2D eigenvalue weighted by atomic mass is 10.2. The molecular formula is C20H20N5O2+. The summed E-state index contributed by atoms with van der Waals surface area (Å²) in [5, 5.41) is 12.5. The van der Waals surface area contributed by atoms with Crippen molar-refractivity contribution in [2.45, 2.75) is 19.5 Å². The summed E-state index contributed by atoms with van der Waals surface area (Å²) in [6.45, 7) is 2.17. The molecule has 0 fully saturated rings. The zero-order valence-electron chi connectivity index (χ0n) is 15.1. The summed E-state index contributed by atoms with van der Waals surface area (Å²) < 4.78 is 0. The molecule has 3 N–H and O–H groups in total. The lowest BCUT2D eigenvalue weighted by Crippen LogP contribution is -3.12. The number of nitrogens with zero attached hydrogens (tertiary/aromatic N) is 2. The van der Waals surface area contributed by atoms with E-state index in [9.17, 15) is 9.59 Å². The second-order valence-electron chi connectivity index (χ2n) is 6.42. The summed E-state index contributed by atoms with van der Waals surface area (Å²) in [4.78, 5) is 32.9. The molecule has 2 atom stereocenters. The molecule has 7 nitrogen and oxygen atoms in total. The number of hydrogen-bond donors (Lipinski definition) is 3. The molecule has 1 amide bonds. The lowest BCUT2D eigenvalue weighted by Gasteiger charge is -2.21. The Morgan fingerprint density at radius 1 is 1.26 bits per heavy atom. The summed E-state index contributed by atoms with van der Waals surface area (Å²) in [5.74, 6) is 0.312. The van der Waals surface area contributed by atoms with Gasteiger partial charge in [0.25, 0.3) is 11.5 Å². The number of carbonyl (C=O) groups is 1. The number of anilines is 1. The molecule has 0 aliphatic carbocycles. The first-order valence-electron chi connectivity index (χ1n) is 8.60. The molecule has 1 aromatic heterocycles. The largest absolute Gasteiger partial charge is 0.321 e. The number of carbonyl (C=O) groups excluding carboxylic acids is 1. The van der Waals surface area contributed by atoms with Crippen LogP contribution in [-0.4, -0.2) is 29.0 Å². The van der Waals surface area contributed by atoms with Crippen LogP contribution in [0, 0.1) is 11.3 Å². The van der Waals surface area contributed by atoms with E-state index in [-0.39, 0.29) is 11.5 Å². The normalized spacial score (nSPS) is 12.9. The lowest BCUT2D eigenvalue weighted by molar-refractivity contribution is -0.908. The Morgan fingerprint density at radius 2 is 1.96 bits per heavy atom. The maximum atomic E-state index is 12.6. The number of aromatic nitrogens is 2. The number of nitriles is 1. The van der Waals surface area contributed by atoms with Crippen molar-refractivity contribution in [3.63, 3.8) is 0 Å². The minimum Gasteiger partial charge on any atom is -0.321 e. The Balaban J connectivity index is 1.74. The van der Waals surface area contributed by atoms with Gasteiger partial charge < -0.3 is 15.2 Å². The van der Waals surface area contributed by atoms with Crippen LogP contribution in [0.25, 0.3) is 10.9 Å². The summed E-state index contributed by atoms with van der Waals surface area (Å²) in [6, 6.07) is 15.7. The van der Waals surface area contributed by atoms with Crippen LogP contribution in [-0.2, 0) is 11.3 Å². The average Bonchev–Trinajstić information content (AvgIpc) is 2.67. The number of benzene rings is 2. The molecule has 2 aromatic carbocycles. The van der Waals surface area contributed by atoms with Crippen LogP contribution in [0.3, 0.4) is 0 Å². The van der Waals surface area contributed by atoms with E-state index in [1.165, 1.54) is 0 Å². The van der Waals surface area contributed by atoms with Gasteiger partial charge in [0.15, 0.2) is 11.9 Å². The second-order valence-corrected chi connectivity index (χ2v) is 6.42. The summed E-state index contributed by atoms with van der Waals surface area (Å²) in [5.41, 5.74) is 1.34. The van der Waals surface area contributed by atoms with Crippen molar-refractivity contribution < 1.29 is 9.69 Å². The van der Waals surface area contributed by atoms with Crippen molar-refractivity contribution in [3.05, 3.63) is 70.3 Å². The number of amides is 1. The first-order chi connectivity index (χ1) is 13.0. The number of quaternary nitrogens is 1. The summed E-state index contributed by atoms with van der Waals surface area (Å²) in [7, 11) is 1.86. The van der Waals surface area contributed by atoms with E-state index in [4.69, 9.17) is 5.26 Å². The predicted octanol–water partition coefficient (Wildman–Crippen LogP) is 0.837. The van der Waals surface area contributed by atoms with Gasteiger partial charge in [-0.05, 0) is 31.2 Å². The van der Waals surface area contributed by atoms with Crippen LogP contribution < -0.4 is 15.8 Å². The van der Waals surface area contributed by atoms with E-state index in [1.54, 1.807) is 49.4 Å². The monoisotopic (exact) mass is 362 g/mol. The maximum absolute atomic E-state index is 12.6. The Morgan fingerprint density at radius 3 is 2.74 bits per heavy atom. The third-order valence-corrected chi connectivity index (χ3v) is 4.55. The molecule has 3 rings (SSSR count). The maximum Gasteiger partial charge on any atom is 0.282 e. The molecule has 0 aliphatic rings. The first kappa shape index (κ1) is 18.3. The van der Waals surface area contributed by atoms with Crippen molar-refractivity contribution in [2.24, 2.45) is 0 Å². The number of likely N-dealkylation sites (N-methyl/N-ethyl adjacent to an activating group) is 1. The summed E-state index contributed by atoms with van der Waals surface area (Å²) >= 11 is 0. The molecule has 27 heavy (non-hydrogen) atoms. The van der Waals surface area contributed by atoms with E-state index in [1.807, 2.05) is 13.1 Å². The molecule has 3 aromatic rings. The van der Waals surface area contributed by atoms with Crippen molar-refractivity contribution in [1.82, 2.24) is 9.97 Å². The van der Waals surface area contributed by atoms with Crippen molar-refractivity contribution >= 4 is 22.5 Å². The summed E-state index contributed by atoms with van der Waals surface area (Å²) in [6.07, 6.45) is 0. The minimum absolute atomic E-state index is 0.191. The molecule has 0 radical (unpaired) electrons. The van der Waals surface area contributed by atoms with Crippen molar-refractivity contribution in [1.29, 1.82) is 5.26 Å². The fourth-order valence-electron chi connectivity index (χ4n) is 2.79. The molecule has 136 valence electrons. The highest BCUT2D eigenvalue weighted by Gasteiger charge is 2.23. The Labute approximate surface area is 156 Å². The molecular weight excluding hydrogens is 342 g/mol. The Kier molecular flexibility index (Phi) is 5.29. The number of fused-ring (bicyclic) bond motifs is 1. The Bertz CT molecular complexity index is 1080. The van der Waals surface area contributed by atoms with Gasteiger partial charge in [0.1, 0.15) is 12.6 Å². The van der Waals surface area contributed by atoms with Crippen molar-refractivity contribution in [2.75, 3.05) is 12.4 Å². The van der Waals surface area contributed by atoms with Gasteiger partial charge in [-0.3, -0.25) is 9.59 Å². The van der Waals surface area contributed by atoms with Gasteiger partial charge in [-0.1, -0.05) is 24.3 Å². The Hall–Kier alpha value is -3.50. The molecule has 0 bridgehead atoms. The number of nitrogens with one attached hydrogen (secondary N) is 3. The first-order valence-corrected chi connectivity index (χ1v) is 8.60. The van der Waals surface area contributed by atoms with Gasteiger partial charge in [-0.2, -0.15) is 5.26 Å². The second kappa shape index (κ2) is 7.81. The van der Waals surface area contributed by atoms with Crippen LogP contribution in [0.2, 0.25) is 0 Å². The van der Waals surface area contributed by atoms with Gasteiger partial charge in [0, 0.05) is 0 Å². The minimum atomic E-state index is -0.409. The van der Waals surface area contributed by atoms with Crippen LogP contribution in [0.5, 0.6) is 0 Å². The smallest absolute Gasteiger partial charge is 0.282 e. The van der Waals surface area contributed by atoms with Gasteiger partial charge in [-0.15, -0.1) is 0 Å². The molecule has 7 heteroatoms. The van der Waals surface area contributed by atoms with Gasteiger partial charge >= 0.3 is 0 Å². The van der Waals surface area contributed by atoms with E-state index >= 15 is 0 Å². The molecule has 0 aliphatic heterocycles.